The third-order valence-corrected chi connectivity index (χ3v) is 5.42. The maximum Gasteiger partial charge on any atom is 0.250 e. The minimum absolute atomic E-state index is 0.112. The fraction of sp³-hybridized carbons (Fsp3) is 0.700. The molecule has 0 amide bonds. The summed E-state index contributed by atoms with van der Waals surface area (Å²) in [5.41, 5.74) is 0.325. The van der Waals surface area contributed by atoms with E-state index in [1.54, 1.807) is 0 Å². The molecule has 2 heterocycles. The van der Waals surface area contributed by atoms with E-state index in [0.717, 1.165) is 24.4 Å². The van der Waals surface area contributed by atoms with Crippen LogP contribution in [0.5, 0.6) is 5.75 Å². The summed E-state index contributed by atoms with van der Waals surface area (Å²) in [5.74, 6) is -1.76. The van der Waals surface area contributed by atoms with Crippen molar-refractivity contribution in [2.24, 2.45) is 0 Å². The molecular formula is C20H30F2N2O3. The monoisotopic (exact) mass is 384 g/mol. The number of piperidine rings is 1. The lowest BCUT2D eigenvalue weighted by atomic mass is 10.00. The normalized spacial score (nSPS) is 26.4. The Balaban J connectivity index is 1.45. The van der Waals surface area contributed by atoms with E-state index in [1.807, 2.05) is 29.2 Å². The Morgan fingerprint density at radius 2 is 1.67 bits per heavy atom. The van der Waals surface area contributed by atoms with E-state index in [1.165, 1.54) is 0 Å². The fourth-order valence-electron chi connectivity index (χ4n) is 3.86. The van der Waals surface area contributed by atoms with Gasteiger partial charge in [0.1, 0.15) is 5.75 Å². The molecule has 5 nitrogen and oxygen atoms in total. The first-order valence-corrected chi connectivity index (χ1v) is 9.75. The Hall–Kier alpha value is -1.28. The fourth-order valence-corrected chi connectivity index (χ4v) is 3.86. The highest BCUT2D eigenvalue weighted by molar-refractivity contribution is 5.27. The molecule has 0 radical (unpaired) electrons. The van der Waals surface area contributed by atoms with Crippen LogP contribution in [0.25, 0.3) is 0 Å². The van der Waals surface area contributed by atoms with Crippen molar-refractivity contribution >= 4 is 0 Å². The molecular weight excluding hydrogens is 354 g/mol. The zero-order valence-electron chi connectivity index (χ0n) is 15.7. The van der Waals surface area contributed by atoms with Crippen LogP contribution in [0, 0.1) is 0 Å². The molecule has 0 aromatic heterocycles. The van der Waals surface area contributed by atoms with Crippen molar-refractivity contribution in [3.05, 3.63) is 29.8 Å². The van der Waals surface area contributed by atoms with Gasteiger partial charge in [0.05, 0.1) is 12.2 Å². The number of aliphatic hydroxyl groups excluding tert-OH is 1. The Morgan fingerprint density at radius 3 is 2.33 bits per heavy atom. The average Bonchev–Trinajstić information content (AvgIpc) is 2.99. The molecule has 1 aromatic rings. The van der Waals surface area contributed by atoms with Gasteiger partial charge in [0.2, 0.25) is 0 Å². The van der Waals surface area contributed by atoms with Crippen LogP contribution in [0.4, 0.5) is 8.78 Å². The van der Waals surface area contributed by atoms with Crippen molar-refractivity contribution in [2.45, 2.75) is 43.8 Å². The van der Waals surface area contributed by atoms with E-state index in [0.29, 0.717) is 45.6 Å². The first-order valence-electron chi connectivity index (χ1n) is 9.75. The van der Waals surface area contributed by atoms with Crippen LogP contribution in [0.3, 0.4) is 0 Å². The van der Waals surface area contributed by atoms with Crippen molar-refractivity contribution in [3.8, 4) is 5.75 Å². The number of nitrogens with zero attached hydrogens (tertiary/aromatic N) is 2. The highest BCUT2D eigenvalue weighted by Crippen LogP contribution is 2.30. The topological polar surface area (TPSA) is 56.2 Å². The minimum atomic E-state index is -2.55. The van der Waals surface area contributed by atoms with Gasteiger partial charge in [0, 0.05) is 65.1 Å². The average molecular weight is 384 g/mol. The molecule has 0 saturated carbocycles. The van der Waals surface area contributed by atoms with Crippen molar-refractivity contribution in [1.29, 1.82) is 0 Å². The molecule has 2 aliphatic heterocycles. The maximum atomic E-state index is 13.3. The van der Waals surface area contributed by atoms with Crippen molar-refractivity contribution in [1.82, 2.24) is 9.80 Å². The zero-order chi connectivity index (χ0) is 19.3. The van der Waals surface area contributed by atoms with Gasteiger partial charge in [-0.25, -0.2) is 8.78 Å². The van der Waals surface area contributed by atoms with E-state index in [9.17, 15) is 13.9 Å². The van der Waals surface area contributed by atoms with Gasteiger partial charge >= 0.3 is 0 Å². The van der Waals surface area contributed by atoms with Crippen LogP contribution in [0.15, 0.2) is 24.3 Å². The lowest BCUT2D eigenvalue weighted by Gasteiger charge is -2.36. The van der Waals surface area contributed by atoms with Gasteiger partial charge in [-0.3, -0.25) is 9.80 Å². The van der Waals surface area contributed by atoms with Crippen LogP contribution in [-0.2, 0) is 6.54 Å². The van der Waals surface area contributed by atoms with Crippen molar-refractivity contribution < 1.29 is 23.7 Å². The SMILES string of the molecule is OCCCOc1ccc(CN2CC[C@@](O)(CN3CCC(F)(F)CC3)C2)cc1. The second-order valence-electron chi connectivity index (χ2n) is 7.89. The Labute approximate surface area is 159 Å². The van der Waals surface area contributed by atoms with Crippen LogP contribution in [0.2, 0.25) is 0 Å². The van der Waals surface area contributed by atoms with Gasteiger partial charge in [0.25, 0.3) is 5.92 Å². The van der Waals surface area contributed by atoms with E-state index >= 15 is 0 Å². The number of likely N-dealkylation sites (tertiary alicyclic amines) is 2. The minimum Gasteiger partial charge on any atom is -0.494 e. The predicted molar refractivity (Wildman–Crippen MR) is 99.1 cm³/mol. The van der Waals surface area contributed by atoms with E-state index < -0.39 is 11.5 Å². The predicted octanol–water partition coefficient (Wildman–Crippen LogP) is 2.12. The highest BCUT2D eigenvalue weighted by atomic mass is 19.3. The van der Waals surface area contributed by atoms with Crippen molar-refractivity contribution in [3.63, 3.8) is 0 Å². The molecule has 0 aliphatic carbocycles. The van der Waals surface area contributed by atoms with Gasteiger partial charge < -0.3 is 14.9 Å². The number of hydrogen-bond donors (Lipinski definition) is 2. The Kier molecular flexibility index (Phi) is 6.68. The van der Waals surface area contributed by atoms with E-state index in [-0.39, 0.29) is 19.4 Å². The number of β-amino-alcohol motifs (C(OH)–C–C–N with tert-alkyl or cyclic N) is 1. The summed E-state index contributed by atoms with van der Waals surface area (Å²) in [6.07, 6.45) is 1.06. The molecule has 27 heavy (non-hydrogen) atoms. The molecule has 7 heteroatoms. The molecule has 2 fully saturated rings. The molecule has 3 rings (SSSR count). The van der Waals surface area contributed by atoms with Crippen LogP contribution < -0.4 is 4.74 Å². The quantitative estimate of drug-likeness (QED) is 0.673. The third-order valence-electron chi connectivity index (χ3n) is 5.42. The molecule has 152 valence electrons. The number of aliphatic hydroxyl groups is 2. The second-order valence-corrected chi connectivity index (χ2v) is 7.89. The van der Waals surface area contributed by atoms with Gasteiger partial charge in [-0.1, -0.05) is 12.1 Å². The van der Waals surface area contributed by atoms with Gasteiger partial charge in [-0.05, 0) is 24.1 Å². The number of benzene rings is 1. The summed E-state index contributed by atoms with van der Waals surface area (Å²) in [6.45, 7) is 3.91. The van der Waals surface area contributed by atoms with Gasteiger partial charge in [-0.2, -0.15) is 0 Å². The third kappa shape index (κ3) is 6.10. The van der Waals surface area contributed by atoms with E-state index in [4.69, 9.17) is 9.84 Å². The highest BCUT2D eigenvalue weighted by Gasteiger charge is 2.40. The van der Waals surface area contributed by atoms with Crippen LogP contribution in [-0.4, -0.2) is 77.5 Å². The van der Waals surface area contributed by atoms with E-state index in [2.05, 4.69) is 4.90 Å². The first-order chi connectivity index (χ1) is 12.9. The second kappa shape index (κ2) is 8.82. The molecule has 2 N–H and O–H groups in total. The number of halogens is 2. The first kappa shape index (κ1) is 20.5. The number of hydrogen-bond acceptors (Lipinski definition) is 5. The van der Waals surface area contributed by atoms with Crippen LogP contribution in [0.1, 0.15) is 31.2 Å². The number of ether oxygens (including phenoxy) is 1. The lowest BCUT2D eigenvalue weighted by Crippen LogP contribution is -2.49. The molecule has 0 unspecified atom stereocenters. The molecule has 2 aliphatic rings. The standard InChI is InChI=1S/C20H30F2N2O3/c21-20(22)7-10-23(11-8-20)15-19(26)6-9-24(16-19)14-17-2-4-18(5-3-17)27-13-1-12-25/h2-5,25-26H,1,6-16H2/t19-/m1/s1. The molecule has 0 bridgehead atoms. The van der Waals surface area contributed by atoms with Crippen molar-refractivity contribution in [2.75, 3.05) is 45.9 Å². The largest absolute Gasteiger partial charge is 0.494 e. The van der Waals surface area contributed by atoms with Crippen LogP contribution >= 0.6 is 0 Å². The zero-order valence-corrected chi connectivity index (χ0v) is 15.7. The molecule has 2 saturated heterocycles. The summed E-state index contributed by atoms with van der Waals surface area (Å²) in [4.78, 5) is 4.18. The molecule has 1 aromatic carbocycles. The Bertz CT molecular complexity index is 589. The summed E-state index contributed by atoms with van der Waals surface area (Å²) in [6, 6.07) is 7.86. The maximum absolute atomic E-state index is 13.3. The van der Waals surface area contributed by atoms with Gasteiger partial charge in [0.15, 0.2) is 0 Å². The molecule has 0 spiro atoms. The Morgan fingerprint density at radius 1 is 1.00 bits per heavy atom. The number of alkyl halides is 2. The smallest absolute Gasteiger partial charge is 0.250 e. The summed E-state index contributed by atoms with van der Waals surface area (Å²) < 4.78 is 32.1. The summed E-state index contributed by atoms with van der Waals surface area (Å²) >= 11 is 0. The summed E-state index contributed by atoms with van der Waals surface area (Å²) in [7, 11) is 0. The van der Waals surface area contributed by atoms with Gasteiger partial charge in [-0.15, -0.1) is 0 Å². The lowest BCUT2D eigenvalue weighted by molar-refractivity contribution is -0.0724. The molecule has 1 atom stereocenters. The number of rotatable bonds is 8. The summed E-state index contributed by atoms with van der Waals surface area (Å²) in [5, 5.41) is 19.6.